The predicted octanol–water partition coefficient (Wildman–Crippen LogP) is 2.77. The number of ketones is 1. The maximum absolute atomic E-state index is 11.7. The van der Waals surface area contributed by atoms with Gasteiger partial charge in [-0.1, -0.05) is 18.2 Å². The number of rotatable bonds is 5. The van der Waals surface area contributed by atoms with Crippen molar-refractivity contribution in [2.75, 3.05) is 11.9 Å². The van der Waals surface area contributed by atoms with Crippen LogP contribution < -0.4 is 5.32 Å². The third-order valence-corrected chi connectivity index (χ3v) is 2.80. The van der Waals surface area contributed by atoms with Gasteiger partial charge in [0.05, 0.1) is 0 Å². The number of aryl methyl sites for hydroxylation is 1. The Balaban J connectivity index is 1.76. The highest BCUT2D eigenvalue weighted by molar-refractivity contribution is 5.97. The van der Waals surface area contributed by atoms with Gasteiger partial charge in [0, 0.05) is 24.6 Å². The minimum atomic E-state index is 0.191. The van der Waals surface area contributed by atoms with E-state index >= 15 is 0 Å². The van der Waals surface area contributed by atoms with Crippen LogP contribution >= 0.6 is 0 Å². The Morgan fingerprint density at radius 2 is 1.88 bits per heavy atom. The number of carbonyl (C=O) groups is 1. The van der Waals surface area contributed by atoms with E-state index in [1.165, 1.54) is 5.56 Å². The van der Waals surface area contributed by atoms with E-state index in [1.54, 1.807) is 0 Å². The van der Waals surface area contributed by atoms with E-state index < -0.39 is 0 Å². The summed E-state index contributed by atoms with van der Waals surface area (Å²) in [6.45, 7) is 2.73. The van der Waals surface area contributed by atoms with Crippen LogP contribution in [-0.2, 0) is 4.79 Å². The molecule has 2 heteroatoms. The summed E-state index contributed by atoms with van der Waals surface area (Å²) in [5, 5.41) is 3.28. The van der Waals surface area contributed by atoms with E-state index in [4.69, 9.17) is 0 Å². The first-order valence-electron chi connectivity index (χ1n) is 5.82. The molecule has 0 saturated heterocycles. The Morgan fingerprint density at radius 3 is 2.59 bits per heavy atom. The molecule has 5 radical (unpaired) electrons. The Labute approximate surface area is 103 Å². The minimum Gasteiger partial charge on any atom is -0.384 e. The number of carbonyl (C=O) groups excluding carboxylic acids is 1. The second-order valence-corrected chi connectivity index (χ2v) is 4.09. The second kappa shape index (κ2) is 5.85. The molecule has 1 aliphatic rings. The average Bonchev–Trinajstić information content (AvgIpc) is 2.85. The van der Waals surface area contributed by atoms with Crippen LogP contribution in [0.3, 0.4) is 0 Å². The van der Waals surface area contributed by atoms with Gasteiger partial charge in [0.1, 0.15) is 5.78 Å². The lowest BCUT2D eigenvalue weighted by atomic mass is 10.0. The van der Waals surface area contributed by atoms with Crippen LogP contribution in [0, 0.1) is 38.5 Å². The lowest BCUT2D eigenvalue weighted by molar-refractivity contribution is -0.116. The van der Waals surface area contributed by atoms with Crippen LogP contribution in [0.2, 0.25) is 0 Å². The summed E-state index contributed by atoms with van der Waals surface area (Å²) in [6.07, 6.45) is 8.02. The van der Waals surface area contributed by atoms with Crippen LogP contribution in [0.5, 0.6) is 0 Å². The molecule has 0 amide bonds. The van der Waals surface area contributed by atoms with E-state index in [-0.39, 0.29) is 5.78 Å². The van der Waals surface area contributed by atoms with Crippen molar-refractivity contribution in [1.29, 1.82) is 0 Å². The maximum atomic E-state index is 11.7. The van der Waals surface area contributed by atoms with Crippen LogP contribution in [0.15, 0.2) is 24.3 Å². The summed E-state index contributed by atoms with van der Waals surface area (Å²) in [5.74, 6) is 0.993. The van der Waals surface area contributed by atoms with Gasteiger partial charge in [0.2, 0.25) is 0 Å². The number of Topliss-reactive ketones (excluding diaryl/α,β-unsaturated/α-hetero) is 1. The van der Waals surface area contributed by atoms with Crippen LogP contribution in [0.1, 0.15) is 12.0 Å². The molecule has 2 rings (SSSR count). The molecule has 0 atom stereocenters. The van der Waals surface area contributed by atoms with Crippen molar-refractivity contribution in [2.24, 2.45) is 0 Å². The van der Waals surface area contributed by atoms with Gasteiger partial charge in [-0.2, -0.15) is 0 Å². The van der Waals surface area contributed by atoms with Crippen molar-refractivity contribution in [1.82, 2.24) is 0 Å². The second-order valence-electron chi connectivity index (χ2n) is 4.09. The fourth-order valence-corrected chi connectivity index (χ4v) is 1.79. The van der Waals surface area contributed by atoms with E-state index in [0.717, 1.165) is 11.6 Å². The monoisotopic (exact) mass is 226 g/mol. The molecule has 87 valence electrons. The van der Waals surface area contributed by atoms with Crippen LogP contribution in [-0.4, -0.2) is 12.3 Å². The fraction of sp³-hybridized carbons (Fsp3) is 0.200. The van der Waals surface area contributed by atoms with Crippen molar-refractivity contribution in [3.8, 4) is 0 Å². The molecule has 0 heterocycles. The zero-order chi connectivity index (χ0) is 12.1. The highest BCUT2D eigenvalue weighted by atomic mass is 16.1. The largest absolute Gasteiger partial charge is 0.384 e. The number of benzene rings is 1. The third kappa shape index (κ3) is 3.32. The topological polar surface area (TPSA) is 29.1 Å². The Bertz CT molecular complexity index is 380. The minimum absolute atomic E-state index is 0.191. The van der Waals surface area contributed by atoms with Crippen LogP contribution in [0.4, 0.5) is 5.69 Å². The summed E-state index contributed by atoms with van der Waals surface area (Å²) in [5.41, 5.74) is 2.30. The Kier molecular flexibility index (Phi) is 4.18. The lowest BCUT2D eigenvalue weighted by Gasteiger charge is -2.10. The predicted molar refractivity (Wildman–Crippen MR) is 69.7 cm³/mol. The molecule has 1 aromatic carbocycles. The summed E-state index contributed by atoms with van der Waals surface area (Å²) in [6, 6.07) is 8.09. The number of anilines is 1. The van der Waals surface area contributed by atoms with Gasteiger partial charge in [-0.3, -0.25) is 4.79 Å². The molecule has 0 aliphatic heterocycles. The zero-order valence-corrected chi connectivity index (χ0v) is 9.94. The van der Waals surface area contributed by atoms with Crippen molar-refractivity contribution >= 4 is 11.5 Å². The maximum Gasteiger partial charge on any atom is 0.142 e. The molecule has 0 spiro atoms. The number of hydrogen-bond acceptors (Lipinski definition) is 2. The summed E-state index contributed by atoms with van der Waals surface area (Å²) >= 11 is 0. The van der Waals surface area contributed by atoms with Gasteiger partial charge in [0.15, 0.2) is 0 Å². The highest BCUT2D eigenvalue weighted by Crippen LogP contribution is 2.24. The molecular formula is C15H16NO. The summed E-state index contributed by atoms with van der Waals surface area (Å²) in [4.78, 5) is 11.7. The smallest absolute Gasteiger partial charge is 0.142 e. The van der Waals surface area contributed by atoms with E-state index in [0.29, 0.717) is 13.0 Å². The average molecular weight is 226 g/mol. The number of nitrogens with one attached hydrogen (secondary N) is 1. The molecule has 1 saturated carbocycles. The van der Waals surface area contributed by atoms with Crippen molar-refractivity contribution in [3.63, 3.8) is 0 Å². The van der Waals surface area contributed by atoms with E-state index in [1.807, 2.05) is 43.9 Å². The standard InChI is InChI=1S/C15H16NO/c1-12-6-2-5-9-14(12)16-11-10-15(17)13-7-3-4-8-13/h2-9,16H,10-11H2,1H3. The summed E-state index contributed by atoms with van der Waals surface area (Å²) < 4.78 is 0. The molecule has 2 nitrogen and oxygen atoms in total. The lowest BCUT2D eigenvalue weighted by Crippen LogP contribution is -2.14. The molecule has 0 aromatic heterocycles. The van der Waals surface area contributed by atoms with Gasteiger partial charge < -0.3 is 5.32 Å². The molecule has 0 unspecified atom stereocenters. The highest BCUT2D eigenvalue weighted by Gasteiger charge is 2.23. The Hall–Kier alpha value is -1.31. The first kappa shape index (κ1) is 12.2. The van der Waals surface area contributed by atoms with E-state index in [9.17, 15) is 4.79 Å². The normalized spacial score (nSPS) is 16.1. The van der Waals surface area contributed by atoms with Crippen molar-refractivity contribution in [2.45, 2.75) is 13.3 Å². The molecule has 0 bridgehead atoms. The van der Waals surface area contributed by atoms with E-state index in [2.05, 4.69) is 18.3 Å². The van der Waals surface area contributed by atoms with Crippen molar-refractivity contribution < 1.29 is 4.79 Å². The molecular weight excluding hydrogens is 210 g/mol. The first-order valence-corrected chi connectivity index (χ1v) is 5.82. The SMILES string of the molecule is Cc1ccccc1NCCC(=O)[C]1[CH][CH][CH][CH]1. The molecule has 1 aliphatic carbocycles. The number of hydrogen-bond donors (Lipinski definition) is 1. The van der Waals surface area contributed by atoms with Gasteiger partial charge in [-0.25, -0.2) is 0 Å². The molecule has 1 fully saturated rings. The first-order chi connectivity index (χ1) is 8.27. The van der Waals surface area contributed by atoms with Gasteiger partial charge >= 0.3 is 0 Å². The quantitative estimate of drug-likeness (QED) is 0.836. The third-order valence-electron chi connectivity index (χ3n) is 2.80. The van der Waals surface area contributed by atoms with Gasteiger partial charge in [-0.15, -0.1) is 0 Å². The van der Waals surface area contributed by atoms with Gasteiger partial charge in [0.25, 0.3) is 0 Å². The number of para-hydroxylation sites is 1. The Morgan fingerprint density at radius 1 is 1.18 bits per heavy atom. The van der Waals surface area contributed by atoms with Crippen molar-refractivity contribution in [3.05, 3.63) is 61.4 Å². The zero-order valence-electron chi connectivity index (χ0n) is 9.94. The molecule has 17 heavy (non-hydrogen) atoms. The van der Waals surface area contributed by atoms with Crippen LogP contribution in [0.25, 0.3) is 0 Å². The summed E-state index contributed by atoms with van der Waals surface area (Å²) in [7, 11) is 0. The molecule has 1 N–H and O–H groups in total. The molecule has 1 aromatic rings. The van der Waals surface area contributed by atoms with Gasteiger partial charge in [-0.05, 0) is 44.2 Å². The fourth-order valence-electron chi connectivity index (χ4n) is 1.79.